The summed E-state index contributed by atoms with van der Waals surface area (Å²) < 4.78 is 33.9. The van der Waals surface area contributed by atoms with Gasteiger partial charge in [-0.15, -0.1) is 0 Å². The van der Waals surface area contributed by atoms with Crippen LogP contribution in [0.5, 0.6) is 5.75 Å². The van der Waals surface area contributed by atoms with E-state index in [0.29, 0.717) is 33.5 Å². The molecule has 0 amide bonds. The number of aromatic amines is 1. The molecule has 0 saturated heterocycles. The zero-order chi connectivity index (χ0) is 24.7. The Morgan fingerprint density at radius 3 is 2.32 bits per heavy atom. The number of carboxylic acid groups (broad SMARTS) is 1. The third-order valence-electron chi connectivity index (χ3n) is 5.65. The summed E-state index contributed by atoms with van der Waals surface area (Å²) in [6, 6.07) is 18.7. The number of fused-ring (bicyclic) bond motifs is 1. The number of anilines is 1. The number of aromatic nitrogens is 1. The van der Waals surface area contributed by atoms with Crippen LogP contribution in [0.2, 0.25) is 0 Å². The molecule has 0 spiro atoms. The maximum absolute atomic E-state index is 13.0. The third kappa shape index (κ3) is 4.49. The van der Waals surface area contributed by atoms with Gasteiger partial charge in [-0.05, 0) is 59.0 Å². The number of H-pyrrole nitrogens is 1. The standard InChI is InChI=1S/C26H26N2O5S/c1-26(2,3)17-8-11-20(12-9-17)34(31,32)28-18-10-13-22-21(15-18)23(24(27-22)25(29)30)16-6-5-7-19(14-16)33-4/h5-15,27-28H,1-4H3,(H,29,30). The number of aromatic carboxylic acids is 1. The molecular weight excluding hydrogens is 452 g/mol. The number of hydrogen-bond acceptors (Lipinski definition) is 4. The Balaban J connectivity index is 1.77. The lowest BCUT2D eigenvalue weighted by molar-refractivity contribution is 0.0692. The lowest BCUT2D eigenvalue weighted by atomic mass is 9.87. The molecule has 3 N–H and O–H groups in total. The number of hydrogen-bond donors (Lipinski definition) is 3. The lowest BCUT2D eigenvalue weighted by Crippen LogP contribution is -2.14. The van der Waals surface area contributed by atoms with Crippen molar-refractivity contribution in [1.82, 2.24) is 4.98 Å². The Bertz CT molecular complexity index is 1480. The van der Waals surface area contributed by atoms with E-state index in [4.69, 9.17) is 4.74 Å². The quantitative estimate of drug-likeness (QED) is 0.332. The van der Waals surface area contributed by atoms with Gasteiger partial charge in [-0.25, -0.2) is 13.2 Å². The van der Waals surface area contributed by atoms with E-state index < -0.39 is 16.0 Å². The van der Waals surface area contributed by atoms with Gasteiger partial charge >= 0.3 is 5.97 Å². The summed E-state index contributed by atoms with van der Waals surface area (Å²) in [6.07, 6.45) is 0. The monoisotopic (exact) mass is 478 g/mol. The molecule has 0 fully saturated rings. The van der Waals surface area contributed by atoms with Crippen LogP contribution in [0.15, 0.2) is 71.6 Å². The molecule has 0 aliphatic rings. The number of ether oxygens (including phenoxy) is 1. The summed E-state index contributed by atoms with van der Waals surface area (Å²) in [5.41, 5.74) is 2.95. The molecule has 0 aliphatic carbocycles. The van der Waals surface area contributed by atoms with E-state index in [1.807, 2.05) is 12.1 Å². The molecule has 0 atom stereocenters. The third-order valence-corrected chi connectivity index (χ3v) is 7.05. The van der Waals surface area contributed by atoms with Gasteiger partial charge in [0.1, 0.15) is 11.4 Å². The summed E-state index contributed by atoms with van der Waals surface area (Å²) in [4.78, 5) is 15.0. The van der Waals surface area contributed by atoms with Crippen molar-refractivity contribution >= 4 is 32.6 Å². The van der Waals surface area contributed by atoms with E-state index in [-0.39, 0.29) is 16.0 Å². The largest absolute Gasteiger partial charge is 0.497 e. The average Bonchev–Trinajstić information content (AvgIpc) is 3.17. The number of rotatable bonds is 6. The molecule has 176 valence electrons. The van der Waals surface area contributed by atoms with Gasteiger partial charge in [-0.2, -0.15) is 0 Å². The van der Waals surface area contributed by atoms with Crippen molar-refractivity contribution in [3.63, 3.8) is 0 Å². The van der Waals surface area contributed by atoms with Gasteiger partial charge in [0, 0.05) is 22.2 Å². The van der Waals surface area contributed by atoms with Crippen LogP contribution in [-0.2, 0) is 15.4 Å². The predicted molar refractivity (Wildman–Crippen MR) is 133 cm³/mol. The molecular formula is C26H26N2O5S. The van der Waals surface area contributed by atoms with Gasteiger partial charge in [0.05, 0.1) is 12.0 Å². The van der Waals surface area contributed by atoms with Crippen molar-refractivity contribution in [2.24, 2.45) is 0 Å². The molecule has 0 radical (unpaired) electrons. The number of sulfonamides is 1. The van der Waals surface area contributed by atoms with Gasteiger partial charge in [0.15, 0.2) is 0 Å². The number of carboxylic acids is 1. The Morgan fingerprint density at radius 1 is 1.00 bits per heavy atom. The minimum absolute atomic E-state index is 0.0148. The van der Waals surface area contributed by atoms with Gasteiger partial charge in [-0.1, -0.05) is 45.0 Å². The molecule has 8 heteroatoms. The topological polar surface area (TPSA) is 108 Å². The predicted octanol–water partition coefficient (Wildman–Crippen LogP) is 5.64. The SMILES string of the molecule is COc1cccc(-c2c(C(=O)O)[nH]c3ccc(NS(=O)(=O)c4ccc(C(C)(C)C)cc4)cc23)c1. The van der Waals surface area contributed by atoms with Gasteiger partial charge in [-0.3, -0.25) is 4.72 Å². The van der Waals surface area contributed by atoms with Crippen molar-refractivity contribution in [1.29, 1.82) is 0 Å². The minimum atomic E-state index is -3.84. The number of carbonyl (C=O) groups is 1. The van der Waals surface area contributed by atoms with Crippen molar-refractivity contribution in [2.45, 2.75) is 31.1 Å². The van der Waals surface area contributed by atoms with E-state index in [1.54, 1.807) is 54.6 Å². The van der Waals surface area contributed by atoms with E-state index in [1.165, 1.54) is 7.11 Å². The van der Waals surface area contributed by atoms with E-state index in [2.05, 4.69) is 30.5 Å². The molecule has 4 rings (SSSR count). The van der Waals surface area contributed by atoms with Gasteiger partial charge in [0.25, 0.3) is 10.0 Å². The molecule has 0 unspecified atom stereocenters. The minimum Gasteiger partial charge on any atom is -0.497 e. The first kappa shape index (κ1) is 23.4. The highest BCUT2D eigenvalue weighted by Gasteiger charge is 2.21. The molecule has 0 aliphatic heterocycles. The Morgan fingerprint density at radius 2 is 1.71 bits per heavy atom. The summed E-state index contributed by atoms with van der Waals surface area (Å²) >= 11 is 0. The summed E-state index contributed by atoms with van der Waals surface area (Å²) in [6.45, 7) is 6.18. The molecule has 7 nitrogen and oxygen atoms in total. The molecule has 0 saturated carbocycles. The first-order chi connectivity index (χ1) is 16.0. The maximum Gasteiger partial charge on any atom is 0.352 e. The number of nitrogens with one attached hydrogen (secondary N) is 2. The van der Waals surface area contributed by atoms with Crippen LogP contribution in [0.3, 0.4) is 0 Å². The van der Waals surface area contributed by atoms with Crippen LogP contribution in [-0.4, -0.2) is 31.6 Å². The number of methoxy groups -OCH3 is 1. The van der Waals surface area contributed by atoms with Gasteiger partial charge < -0.3 is 14.8 Å². The maximum atomic E-state index is 13.0. The molecule has 1 heterocycles. The second-order valence-corrected chi connectivity index (χ2v) is 10.7. The van der Waals surface area contributed by atoms with Crippen LogP contribution >= 0.6 is 0 Å². The first-order valence-electron chi connectivity index (χ1n) is 10.7. The second-order valence-electron chi connectivity index (χ2n) is 9.05. The van der Waals surface area contributed by atoms with Gasteiger partial charge in [0.2, 0.25) is 0 Å². The smallest absolute Gasteiger partial charge is 0.352 e. The summed E-state index contributed by atoms with van der Waals surface area (Å²) in [5, 5.41) is 10.3. The van der Waals surface area contributed by atoms with Crippen LogP contribution in [0, 0.1) is 0 Å². The summed E-state index contributed by atoms with van der Waals surface area (Å²) in [7, 11) is -2.30. The van der Waals surface area contributed by atoms with E-state index in [9.17, 15) is 18.3 Å². The fraction of sp³-hybridized carbons (Fsp3) is 0.192. The fourth-order valence-corrected chi connectivity index (χ4v) is 4.89. The van der Waals surface area contributed by atoms with Crippen LogP contribution in [0.25, 0.3) is 22.0 Å². The second kappa shape index (κ2) is 8.53. The highest BCUT2D eigenvalue weighted by Crippen LogP contribution is 2.36. The Kier molecular flexibility index (Phi) is 5.87. The summed E-state index contributed by atoms with van der Waals surface area (Å²) in [5.74, 6) is -0.533. The molecule has 34 heavy (non-hydrogen) atoms. The van der Waals surface area contributed by atoms with Crippen LogP contribution in [0.4, 0.5) is 5.69 Å². The normalized spacial score (nSPS) is 12.0. The van der Waals surface area contributed by atoms with E-state index >= 15 is 0 Å². The molecule has 1 aromatic heterocycles. The first-order valence-corrected chi connectivity index (χ1v) is 12.1. The fourth-order valence-electron chi connectivity index (χ4n) is 3.84. The zero-order valence-corrected chi connectivity index (χ0v) is 20.2. The molecule has 3 aromatic carbocycles. The Labute approximate surface area is 198 Å². The van der Waals surface area contributed by atoms with Crippen molar-refractivity contribution in [2.75, 3.05) is 11.8 Å². The number of benzene rings is 3. The van der Waals surface area contributed by atoms with Crippen molar-refractivity contribution in [3.05, 3.63) is 78.0 Å². The highest BCUT2D eigenvalue weighted by atomic mass is 32.2. The van der Waals surface area contributed by atoms with Crippen LogP contribution < -0.4 is 9.46 Å². The molecule has 0 bridgehead atoms. The lowest BCUT2D eigenvalue weighted by Gasteiger charge is -2.19. The zero-order valence-electron chi connectivity index (χ0n) is 19.3. The average molecular weight is 479 g/mol. The van der Waals surface area contributed by atoms with Crippen LogP contribution in [0.1, 0.15) is 36.8 Å². The highest BCUT2D eigenvalue weighted by molar-refractivity contribution is 7.92. The van der Waals surface area contributed by atoms with Crippen molar-refractivity contribution < 1.29 is 23.1 Å². The molecule has 4 aromatic rings. The van der Waals surface area contributed by atoms with E-state index in [0.717, 1.165) is 5.56 Å². The van der Waals surface area contributed by atoms with Crippen molar-refractivity contribution in [3.8, 4) is 16.9 Å². The Hall–Kier alpha value is -3.78.